The number of carbonyl (C=O) groups is 1. The molecule has 0 fully saturated rings. The fourth-order valence-corrected chi connectivity index (χ4v) is 1.34. The van der Waals surface area contributed by atoms with Crippen LogP contribution in [0.1, 0.15) is 19.8 Å². The van der Waals surface area contributed by atoms with E-state index in [9.17, 15) is 4.79 Å². The van der Waals surface area contributed by atoms with E-state index < -0.39 is 0 Å². The van der Waals surface area contributed by atoms with Crippen molar-refractivity contribution in [1.82, 2.24) is 15.1 Å². The van der Waals surface area contributed by atoms with Gasteiger partial charge in [-0.05, 0) is 6.42 Å². The Hall–Kier alpha value is -0.710. The van der Waals surface area contributed by atoms with E-state index in [0.29, 0.717) is 6.54 Å². The maximum absolute atomic E-state index is 11.4. The molecule has 0 saturated carbocycles. The van der Waals surface area contributed by atoms with Crippen molar-refractivity contribution < 1.29 is 4.79 Å². The molecular formula is C10H20BrN3O. The monoisotopic (exact) mass is 277 g/mol. The van der Waals surface area contributed by atoms with Gasteiger partial charge in [0.2, 0.25) is 5.91 Å². The summed E-state index contributed by atoms with van der Waals surface area (Å²) in [4.78, 5) is 15.4. The lowest BCUT2D eigenvalue weighted by Gasteiger charge is -2.17. The van der Waals surface area contributed by atoms with E-state index in [2.05, 4.69) is 12.2 Å². The third-order valence-electron chi connectivity index (χ3n) is 2.14. The van der Waals surface area contributed by atoms with Crippen LogP contribution in [0.5, 0.6) is 0 Å². The van der Waals surface area contributed by atoms with Crippen molar-refractivity contribution in [3.63, 3.8) is 0 Å². The van der Waals surface area contributed by atoms with Gasteiger partial charge in [0.05, 0.1) is 13.2 Å². The van der Waals surface area contributed by atoms with Gasteiger partial charge < -0.3 is 15.1 Å². The summed E-state index contributed by atoms with van der Waals surface area (Å²) in [6, 6.07) is 0. The molecule has 1 N–H and O–H groups in total. The first-order chi connectivity index (χ1) is 6.72. The second-order valence-electron chi connectivity index (χ2n) is 3.65. The van der Waals surface area contributed by atoms with E-state index in [-0.39, 0.29) is 22.9 Å². The quantitative estimate of drug-likeness (QED) is 0.766. The molecule has 0 aromatic rings. The first kappa shape index (κ1) is 14.3. The molecule has 0 saturated heterocycles. The fraction of sp³-hybridized carbons (Fsp3) is 0.700. The van der Waals surface area contributed by atoms with Crippen molar-refractivity contribution in [3.8, 4) is 0 Å². The lowest BCUT2D eigenvalue weighted by atomic mass is 10.3. The summed E-state index contributed by atoms with van der Waals surface area (Å²) in [7, 11) is 1.99. The Labute approximate surface area is 102 Å². The van der Waals surface area contributed by atoms with Crippen molar-refractivity contribution in [2.45, 2.75) is 19.8 Å². The number of nitrogens with zero attached hydrogens (tertiary/aromatic N) is 2. The van der Waals surface area contributed by atoms with Crippen LogP contribution >= 0.6 is 17.0 Å². The number of halogens is 1. The van der Waals surface area contributed by atoms with Crippen LogP contribution in [0.2, 0.25) is 0 Å². The first-order valence-corrected chi connectivity index (χ1v) is 5.11. The number of hydrogen-bond acceptors (Lipinski definition) is 3. The molecule has 0 atom stereocenters. The summed E-state index contributed by atoms with van der Waals surface area (Å²) >= 11 is 0. The number of unbranched alkanes of at least 4 members (excludes halogenated alkanes) is 1. The van der Waals surface area contributed by atoms with Crippen molar-refractivity contribution in [2.75, 3.05) is 26.8 Å². The van der Waals surface area contributed by atoms with E-state index in [0.717, 1.165) is 26.1 Å². The minimum atomic E-state index is 0. The number of amides is 1. The largest absolute Gasteiger partial charge is 0.362 e. The molecule has 1 rings (SSSR count). The predicted molar refractivity (Wildman–Crippen MR) is 66.7 cm³/mol. The Balaban J connectivity index is 0.00000196. The van der Waals surface area contributed by atoms with Gasteiger partial charge in [-0.25, -0.2) is 0 Å². The summed E-state index contributed by atoms with van der Waals surface area (Å²) in [6.45, 7) is 4.18. The third kappa shape index (κ3) is 5.67. The lowest BCUT2D eigenvalue weighted by molar-refractivity contribution is -0.121. The summed E-state index contributed by atoms with van der Waals surface area (Å²) in [5.41, 5.74) is 0. The second-order valence-corrected chi connectivity index (χ2v) is 3.65. The topological polar surface area (TPSA) is 35.6 Å². The molecule has 1 aliphatic heterocycles. The molecule has 0 radical (unpaired) electrons. The third-order valence-corrected chi connectivity index (χ3v) is 2.14. The molecule has 1 aliphatic rings. The zero-order valence-electron chi connectivity index (χ0n) is 9.40. The molecule has 0 aromatic heterocycles. The molecule has 88 valence electrons. The van der Waals surface area contributed by atoms with E-state index >= 15 is 0 Å². The van der Waals surface area contributed by atoms with Crippen molar-refractivity contribution >= 4 is 22.9 Å². The molecule has 15 heavy (non-hydrogen) atoms. The van der Waals surface area contributed by atoms with Gasteiger partial charge >= 0.3 is 0 Å². The molecule has 1 amide bonds. The van der Waals surface area contributed by atoms with Crippen molar-refractivity contribution in [2.24, 2.45) is 0 Å². The maximum atomic E-state index is 11.4. The van der Waals surface area contributed by atoms with Crippen LogP contribution in [0.25, 0.3) is 0 Å². The lowest BCUT2D eigenvalue weighted by Crippen LogP contribution is -2.36. The van der Waals surface area contributed by atoms with Gasteiger partial charge in [0.15, 0.2) is 0 Å². The molecule has 1 heterocycles. The van der Waals surface area contributed by atoms with E-state index in [4.69, 9.17) is 0 Å². The van der Waals surface area contributed by atoms with Crippen molar-refractivity contribution in [3.05, 3.63) is 12.4 Å². The SMILES string of the molecule is Br.CCCCNC(=O)CN1C=CN(C)C1. The molecule has 0 bridgehead atoms. The van der Waals surface area contributed by atoms with E-state index in [1.54, 1.807) is 0 Å². The molecule has 4 nitrogen and oxygen atoms in total. The van der Waals surface area contributed by atoms with Crippen LogP contribution < -0.4 is 5.32 Å². The number of carbonyl (C=O) groups excluding carboxylic acids is 1. The molecule has 0 unspecified atom stereocenters. The maximum Gasteiger partial charge on any atom is 0.239 e. The molecule has 5 heteroatoms. The summed E-state index contributed by atoms with van der Waals surface area (Å²) < 4.78 is 0. The standard InChI is InChI=1S/C10H19N3O.BrH/c1-3-4-5-11-10(14)8-13-7-6-12(2)9-13;/h6-7H,3-5,8-9H2,1-2H3,(H,11,14);1H. The number of hydrogen-bond donors (Lipinski definition) is 1. The average Bonchev–Trinajstić information content (AvgIpc) is 2.52. The van der Waals surface area contributed by atoms with Crippen molar-refractivity contribution in [1.29, 1.82) is 0 Å². The van der Waals surface area contributed by atoms with E-state index in [1.807, 2.05) is 29.2 Å². The van der Waals surface area contributed by atoms with Crippen LogP contribution in [-0.2, 0) is 4.79 Å². The van der Waals surface area contributed by atoms with Gasteiger partial charge in [0.1, 0.15) is 0 Å². The fourth-order valence-electron chi connectivity index (χ4n) is 1.34. The van der Waals surface area contributed by atoms with Gasteiger partial charge in [-0.3, -0.25) is 4.79 Å². The van der Waals surface area contributed by atoms with Crippen LogP contribution in [0.15, 0.2) is 12.4 Å². The predicted octanol–water partition coefficient (Wildman–Crippen LogP) is 1.16. The summed E-state index contributed by atoms with van der Waals surface area (Å²) in [5, 5.41) is 2.89. The average molecular weight is 278 g/mol. The van der Waals surface area contributed by atoms with E-state index in [1.165, 1.54) is 0 Å². The van der Waals surface area contributed by atoms with Gasteiger partial charge in [-0.1, -0.05) is 13.3 Å². The highest BCUT2D eigenvalue weighted by molar-refractivity contribution is 8.93. The highest BCUT2D eigenvalue weighted by atomic mass is 79.9. The minimum absolute atomic E-state index is 0. The van der Waals surface area contributed by atoms with Crippen LogP contribution in [0, 0.1) is 0 Å². The summed E-state index contributed by atoms with van der Waals surface area (Å²) in [6.07, 6.45) is 6.09. The highest BCUT2D eigenvalue weighted by Crippen LogP contribution is 2.02. The summed E-state index contributed by atoms with van der Waals surface area (Å²) in [5.74, 6) is 0.110. The zero-order chi connectivity index (χ0) is 10.4. The Morgan fingerprint density at radius 2 is 2.20 bits per heavy atom. The molecule has 0 aliphatic carbocycles. The number of nitrogens with one attached hydrogen (secondary N) is 1. The normalized spacial score (nSPS) is 14.0. The van der Waals surface area contributed by atoms with Crippen LogP contribution in [0.4, 0.5) is 0 Å². The van der Waals surface area contributed by atoms with Gasteiger partial charge in [0, 0.05) is 26.0 Å². The Bertz CT molecular complexity index is 221. The van der Waals surface area contributed by atoms with Gasteiger partial charge in [0.25, 0.3) is 0 Å². The number of rotatable bonds is 5. The molecular weight excluding hydrogens is 258 g/mol. The highest BCUT2D eigenvalue weighted by Gasteiger charge is 2.11. The molecule has 0 aromatic carbocycles. The van der Waals surface area contributed by atoms with Gasteiger partial charge in [-0.15, -0.1) is 17.0 Å². The van der Waals surface area contributed by atoms with Crippen LogP contribution in [-0.4, -0.2) is 42.5 Å². The Morgan fingerprint density at radius 1 is 1.47 bits per heavy atom. The first-order valence-electron chi connectivity index (χ1n) is 5.11. The van der Waals surface area contributed by atoms with Crippen LogP contribution in [0.3, 0.4) is 0 Å². The Kier molecular flexibility index (Phi) is 7.21. The van der Waals surface area contributed by atoms with Gasteiger partial charge in [-0.2, -0.15) is 0 Å². The minimum Gasteiger partial charge on any atom is -0.362 e. The Morgan fingerprint density at radius 3 is 2.73 bits per heavy atom. The second kappa shape index (κ2) is 7.56. The smallest absolute Gasteiger partial charge is 0.239 e. The molecule has 0 spiro atoms. The zero-order valence-corrected chi connectivity index (χ0v) is 11.1.